The standard InChI is InChI=1S/C17H20ClN3/c1-12(2)17-19-11-16(14(10-18)20-17)21-9-5-7-13-6-3-4-8-15(13)21/h3-4,6,8,11-12H,5,7,9-10H2,1-2H3. The minimum absolute atomic E-state index is 0.314. The number of nitrogens with zero attached hydrogens (tertiary/aromatic N) is 3. The van der Waals surface area contributed by atoms with E-state index in [1.54, 1.807) is 0 Å². The Hall–Kier alpha value is -1.61. The fourth-order valence-corrected chi connectivity index (χ4v) is 3.01. The second-order valence-corrected chi connectivity index (χ2v) is 6.00. The van der Waals surface area contributed by atoms with Crippen LogP contribution in [0.2, 0.25) is 0 Å². The summed E-state index contributed by atoms with van der Waals surface area (Å²) in [5.74, 6) is 1.59. The number of halogens is 1. The lowest BCUT2D eigenvalue weighted by Crippen LogP contribution is -2.26. The number of anilines is 2. The van der Waals surface area contributed by atoms with Crippen LogP contribution in [-0.2, 0) is 12.3 Å². The van der Waals surface area contributed by atoms with Crippen molar-refractivity contribution in [2.45, 2.75) is 38.5 Å². The molecular formula is C17H20ClN3. The molecule has 3 nitrogen and oxygen atoms in total. The Morgan fingerprint density at radius 3 is 2.81 bits per heavy atom. The van der Waals surface area contributed by atoms with Crippen LogP contribution in [0.25, 0.3) is 0 Å². The van der Waals surface area contributed by atoms with Crippen LogP contribution in [0.3, 0.4) is 0 Å². The number of rotatable bonds is 3. The fraction of sp³-hybridized carbons (Fsp3) is 0.412. The summed E-state index contributed by atoms with van der Waals surface area (Å²) in [6.07, 6.45) is 4.21. The third-order valence-electron chi connectivity index (χ3n) is 3.91. The molecule has 2 heterocycles. The van der Waals surface area contributed by atoms with E-state index in [2.05, 4.69) is 53.0 Å². The van der Waals surface area contributed by atoms with Crippen molar-refractivity contribution >= 4 is 23.0 Å². The Bertz CT molecular complexity index is 640. The molecule has 1 aliphatic rings. The maximum Gasteiger partial charge on any atom is 0.131 e. The average molecular weight is 302 g/mol. The maximum atomic E-state index is 6.14. The summed E-state index contributed by atoms with van der Waals surface area (Å²) in [6, 6.07) is 8.55. The summed E-state index contributed by atoms with van der Waals surface area (Å²) >= 11 is 6.14. The van der Waals surface area contributed by atoms with E-state index in [9.17, 15) is 0 Å². The van der Waals surface area contributed by atoms with Crippen LogP contribution in [0.15, 0.2) is 30.5 Å². The minimum Gasteiger partial charge on any atom is -0.338 e. The Balaban J connectivity index is 2.05. The topological polar surface area (TPSA) is 29.0 Å². The molecule has 1 aliphatic heterocycles. The van der Waals surface area contributed by atoms with E-state index in [-0.39, 0.29) is 0 Å². The lowest BCUT2D eigenvalue weighted by molar-refractivity contribution is 0.740. The van der Waals surface area contributed by atoms with E-state index in [0.717, 1.165) is 36.6 Å². The first-order valence-corrected chi connectivity index (χ1v) is 8.01. The first-order valence-electron chi connectivity index (χ1n) is 7.48. The number of para-hydroxylation sites is 1. The molecule has 0 radical (unpaired) electrons. The van der Waals surface area contributed by atoms with E-state index in [1.165, 1.54) is 11.3 Å². The van der Waals surface area contributed by atoms with Gasteiger partial charge in [0, 0.05) is 18.2 Å². The van der Waals surface area contributed by atoms with Crippen molar-refractivity contribution in [3.8, 4) is 0 Å². The Morgan fingerprint density at radius 1 is 1.24 bits per heavy atom. The molecule has 3 rings (SSSR count). The lowest BCUT2D eigenvalue weighted by Gasteiger charge is -2.32. The second kappa shape index (κ2) is 6.02. The number of hydrogen-bond donors (Lipinski definition) is 0. The minimum atomic E-state index is 0.314. The highest BCUT2D eigenvalue weighted by atomic mass is 35.5. The molecule has 0 spiro atoms. The fourth-order valence-electron chi connectivity index (χ4n) is 2.81. The van der Waals surface area contributed by atoms with Crippen LogP contribution < -0.4 is 4.90 Å². The van der Waals surface area contributed by atoms with Gasteiger partial charge in [0.1, 0.15) is 5.82 Å². The number of hydrogen-bond acceptors (Lipinski definition) is 3. The summed E-state index contributed by atoms with van der Waals surface area (Å²) in [5, 5.41) is 0. The quantitative estimate of drug-likeness (QED) is 0.786. The van der Waals surface area contributed by atoms with Gasteiger partial charge in [0.15, 0.2) is 0 Å². The Morgan fingerprint density at radius 2 is 2.05 bits per heavy atom. The van der Waals surface area contributed by atoms with Crippen LogP contribution >= 0.6 is 11.6 Å². The zero-order chi connectivity index (χ0) is 14.8. The van der Waals surface area contributed by atoms with Crippen molar-refractivity contribution < 1.29 is 0 Å². The zero-order valence-electron chi connectivity index (χ0n) is 12.5. The maximum absolute atomic E-state index is 6.14. The molecule has 0 amide bonds. The highest BCUT2D eigenvalue weighted by Gasteiger charge is 2.21. The molecule has 0 atom stereocenters. The smallest absolute Gasteiger partial charge is 0.131 e. The average Bonchev–Trinajstić information content (AvgIpc) is 2.53. The highest BCUT2D eigenvalue weighted by Crippen LogP contribution is 2.35. The first kappa shape index (κ1) is 14.3. The van der Waals surface area contributed by atoms with E-state index < -0.39 is 0 Å². The van der Waals surface area contributed by atoms with Crippen LogP contribution in [0.5, 0.6) is 0 Å². The number of benzene rings is 1. The van der Waals surface area contributed by atoms with Gasteiger partial charge in [-0.2, -0.15) is 0 Å². The van der Waals surface area contributed by atoms with Gasteiger partial charge < -0.3 is 4.90 Å². The van der Waals surface area contributed by atoms with Gasteiger partial charge in [0.2, 0.25) is 0 Å². The molecular weight excluding hydrogens is 282 g/mol. The SMILES string of the molecule is CC(C)c1ncc(N2CCCc3ccccc32)c(CCl)n1. The molecule has 2 aromatic rings. The van der Waals surface area contributed by atoms with Crippen LogP contribution in [0.4, 0.5) is 11.4 Å². The largest absolute Gasteiger partial charge is 0.338 e. The number of aromatic nitrogens is 2. The van der Waals surface area contributed by atoms with Crippen molar-refractivity contribution in [3.05, 3.63) is 47.5 Å². The zero-order valence-corrected chi connectivity index (χ0v) is 13.3. The van der Waals surface area contributed by atoms with Gasteiger partial charge in [-0.25, -0.2) is 9.97 Å². The summed E-state index contributed by atoms with van der Waals surface area (Å²) in [7, 11) is 0. The van der Waals surface area contributed by atoms with Crippen LogP contribution in [0, 0.1) is 0 Å². The molecule has 21 heavy (non-hydrogen) atoms. The van der Waals surface area contributed by atoms with Crippen molar-refractivity contribution in [1.82, 2.24) is 9.97 Å². The first-order chi connectivity index (χ1) is 10.2. The van der Waals surface area contributed by atoms with Crippen LogP contribution in [0.1, 0.15) is 43.3 Å². The van der Waals surface area contributed by atoms with E-state index in [1.807, 2.05) is 6.20 Å². The van der Waals surface area contributed by atoms with Crippen molar-refractivity contribution in [3.63, 3.8) is 0 Å². The van der Waals surface area contributed by atoms with Gasteiger partial charge in [-0.05, 0) is 24.5 Å². The molecule has 110 valence electrons. The van der Waals surface area contributed by atoms with Crippen molar-refractivity contribution in [2.75, 3.05) is 11.4 Å². The van der Waals surface area contributed by atoms with Gasteiger partial charge in [0.25, 0.3) is 0 Å². The molecule has 0 bridgehead atoms. The molecule has 1 aromatic heterocycles. The molecule has 4 heteroatoms. The van der Waals surface area contributed by atoms with Crippen LogP contribution in [-0.4, -0.2) is 16.5 Å². The molecule has 1 aromatic carbocycles. The predicted molar refractivity (Wildman–Crippen MR) is 87.4 cm³/mol. The predicted octanol–water partition coefficient (Wildman–Crippen LogP) is 4.42. The summed E-state index contributed by atoms with van der Waals surface area (Å²) in [6.45, 7) is 5.19. The van der Waals surface area contributed by atoms with Gasteiger partial charge in [-0.3, -0.25) is 0 Å². The lowest BCUT2D eigenvalue weighted by atomic mass is 10.0. The van der Waals surface area contributed by atoms with Gasteiger partial charge in [-0.15, -0.1) is 11.6 Å². The van der Waals surface area contributed by atoms with E-state index >= 15 is 0 Å². The second-order valence-electron chi connectivity index (χ2n) is 5.73. The van der Waals surface area contributed by atoms with Gasteiger partial charge in [-0.1, -0.05) is 32.0 Å². The molecule has 0 unspecified atom stereocenters. The number of aryl methyl sites for hydroxylation is 1. The summed E-state index contributed by atoms with van der Waals surface area (Å²) in [5.41, 5.74) is 4.61. The molecule has 0 N–H and O–H groups in total. The van der Waals surface area contributed by atoms with E-state index in [0.29, 0.717) is 11.8 Å². The molecule has 0 aliphatic carbocycles. The Labute approximate surface area is 131 Å². The normalized spacial score (nSPS) is 14.4. The monoisotopic (exact) mass is 301 g/mol. The summed E-state index contributed by atoms with van der Waals surface area (Å²) in [4.78, 5) is 11.5. The molecule has 0 saturated carbocycles. The Kier molecular flexibility index (Phi) is 4.11. The van der Waals surface area contributed by atoms with E-state index in [4.69, 9.17) is 11.6 Å². The third kappa shape index (κ3) is 2.75. The third-order valence-corrected chi connectivity index (χ3v) is 4.16. The molecule has 0 saturated heterocycles. The molecule has 0 fully saturated rings. The van der Waals surface area contributed by atoms with Crippen molar-refractivity contribution in [1.29, 1.82) is 0 Å². The van der Waals surface area contributed by atoms with Gasteiger partial charge in [0.05, 0.1) is 23.5 Å². The van der Waals surface area contributed by atoms with Gasteiger partial charge >= 0.3 is 0 Å². The highest BCUT2D eigenvalue weighted by molar-refractivity contribution is 6.17. The number of alkyl halides is 1. The summed E-state index contributed by atoms with van der Waals surface area (Å²) < 4.78 is 0. The number of fused-ring (bicyclic) bond motifs is 1. The van der Waals surface area contributed by atoms with Crippen molar-refractivity contribution in [2.24, 2.45) is 0 Å².